The van der Waals surface area contributed by atoms with E-state index >= 15 is 0 Å². The Hall–Kier alpha value is -2.07. The number of benzene rings is 2. The minimum Gasteiger partial charge on any atom is -0.490 e. The fourth-order valence-corrected chi connectivity index (χ4v) is 2.38. The first-order chi connectivity index (χ1) is 10.2. The highest BCUT2D eigenvalue weighted by atomic mass is 19.1. The third-order valence-electron chi connectivity index (χ3n) is 3.53. The molecule has 1 atom stereocenters. The Bertz CT molecular complexity index is 627. The average molecular weight is 288 g/mol. The van der Waals surface area contributed by atoms with Crippen LogP contribution < -0.4 is 9.47 Å². The lowest BCUT2D eigenvalue weighted by molar-refractivity contribution is 0.176. The predicted octanol–water partition coefficient (Wildman–Crippen LogP) is 3.26. The first kappa shape index (κ1) is 13.9. The zero-order chi connectivity index (χ0) is 14.7. The quantitative estimate of drug-likeness (QED) is 0.942. The van der Waals surface area contributed by atoms with Crippen LogP contribution >= 0.6 is 0 Å². The minimum absolute atomic E-state index is 0.228. The SMILES string of the molecule is OC(Cc1ccccc1F)c1ccc2c(c1)OCCCO2. The molecule has 1 heterocycles. The molecule has 3 rings (SSSR count). The van der Waals surface area contributed by atoms with Gasteiger partial charge in [0.25, 0.3) is 0 Å². The molecular formula is C17H17FO3. The summed E-state index contributed by atoms with van der Waals surface area (Å²) in [6.07, 6.45) is 0.285. The van der Waals surface area contributed by atoms with Crippen LogP contribution in [0.15, 0.2) is 42.5 Å². The van der Waals surface area contributed by atoms with E-state index in [0.29, 0.717) is 35.8 Å². The van der Waals surface area contributed by atoms with Crippen molar-refractivity contribution in [3.63, 3.8) is 0 Å². The van der Waals surface area contributed by atoms with Crippen LogP contribution in [-0.4, -0.2) is 18.3 Å². The standard InChI is InChI=1S/C17H17FO3/c18-14-5-2-1-4-12(14)10-15(19)13-6-7-16-17(11-13)21-9-3-8-20-16/h1-2,4-7,11,15,19H,3,8-10H2. The van der Waals surface area contributed by atoms with Crippen molar-refractivity contribution in [3.8, 4) is 11.5 Å². The first-order valence-corrected chi connectivity index (χ1v) is 7.05. The number of hydrogen-bond donors (Lipinski definition) is 1. The molecule has 1 aliphatic heterocycles. The fraction of sp³-hybridized carbons (Fsp3) is 0.294. The second-order valence-corrected chi connectivity index (χ2v) is 5.07. The lowest BCUT2D eigenvalue weighted by Crippen LogP contribution is -2.04. The second-order valence-electron chi connectivity index (χ2n) is 5.07. The van der Waals surface area contributed by atoms with Gasteiger partial charge >= 0.3 is 0 Å². The maximum absolute atomic E-state index is 13.6. The number of hydrogen-bond acceptors (Lipinski definition) is 3. The van der Waals surface area contributed by atoms with Crippen LogP contribution in [0.2, 0.25) is 0 Å². The molecular weight excluding hydrogens is 271 g/mol. The number of aliphatic hydroxyl groups excluding tert-OH is 1. The van der Waals surface area contributed by atoms with Crippen LogP contribution in [0.5, 0.6) is 11.5 Å². The van der Waals surface area contributed by atoms with Crippen LogP contribution in [0.25, 0.3) is 0 Å². The lowest BCUT2D eigenvalue weighted by Gasteiger charge is -2.14. The zero-order valence-electron chi connectivity index (χ0n) is 11.6. The summed E-state index contributed by atoms with van der Waals surface area (Å²) in [6, 6.07) is 11.8. The molecule has 4 heteroatoms. The van der Waals surface area contributed by atoms with Crippen molar-refractivity contribution in [2.24, 2.45) is 0 Å². The average Bonchev–Trinajstić information content (AvgIpc) is 2.74. The summed E-state index contributed by atoms with van der Waals surface area (Å²) in [5.74, 6) is 1.03. The minimum atomic E-state index is -0.779. The molecule has 21 heavy (non-hydrogen) atoms. The van der Waals surface area contributed by atoms with Crippen molar-refractivity contribution >= 4 is 0 Å². The Morgan fingerprint density at radius 1 is 1.05 bits per heavy atom. The van der Waals surface area contributed by atoms with Gasteiger partial charge in [-0.3, -0.25) is 0 Å². The fourth-order valence-electron chi connectivity index (χ4n) is 2.38. The third kappa shape index (κ3) is 3.16. The van der Waals surface area contributed by atoms with E-state index < -0.39 is 6.10 Å². The van der Waals surface area contributed by atoms with Crippen LogP contribution in [0.4, 0.5) is 4.39 Å². The number of halogens is 1. The highest BCUT2D eigenvalue weighted by molar-refractivity contribution is 5.44. The molecule has 1 unspecified atom stereocenters. The van der Waals surface area contributed by atoms with Crippen LogP contribution in [0, 0.1) is 5.82 Å². The van der Waals surface area contributed by atoms with Gasteiger partial charge in [0.05, 0.1) is 19.3 Å². The van der Waals surface area contributed by atoms with Gasteiger partial charge in [-0.2, -0.15) is 0 Å². The van der Waals surface area contributed by atoms with E-state index in [1.54, 1.807) is 36.4 Å². The molecule has 0 amide bonds. The van der Waals surface area contributed by atoms with Gasteiger partial charge in [0.1, 0.15) is 5.82 Å². The molecule has 0 fully saturated rings. The molecule has 0 saturated carbocycles. The van der Waals surface area contributed by atoms with Gasteiger partial charge in [0.2, 0.25) is 0 Å². The normalized spacial score (nSPS) is 15.3. The van der Waals surface area contributed by atoms with Crippen LogP contribution in [0.3, 0.4) is 0 Å². The smallest absolute Gasteiger partial charge is 0.161 e. The van der Waals surface area contributed by atoms with E-state index in [9.17, 15) is 9.50 Å². The first-order valence-electron chi connectivity index (χ1n) is 7.05. The molecule has 0 bridgehead atoms. The zero-order valence-corrected chi connectivity index (χ0v) is 11.6. The van der Waals surface area contributed by atoms with Gasteiger partial charge in [-0.05, 0) is 29.3 Å². The molecule has 0 aliphatic carbocycles. The largest absolute Gasteiger partial charge is 0.490 e. The molecule has 2 aromatic carbocycles. The Balaban J connectivity index is 1.80. The molecule has 1 N–H and O–H groups in total. The van der Waals surface area contributed by atoms with Gasteiger partial charge < -0.3 is 14.6 Å². The molecule has 0 radical (unpaired) electrons. The molecule has 0 aromatic heterocycles. The van der Waals surface area contributed by atoms with E-state index in [4.69, 9.17) is 9.47 Å². The molecule has 0 saturated heterocycles. The van der Waals surface area contributed by atoms with Gasteiger partial charge in [-0.15, -0.1) is 0 Å². The van der Waals surface area contributed by atoms with Crippen molar-refractivity contribution in [1.29, 1.82) is 0 Å². The topological polar surface area (TPSA) is 38.7 Å². The Morgan fingerprint density at radius 2 is 1.81 bits per heavy atom. The summed E-state index contributed by atoms with van der Waals surface area (Å²) in [5.41, 5.74) is 1.19. The van der Waals surface area contributed by atoms with E-state index in [0.717, 1.165) is 6.42 Å². The van der Waals surface area contributed by atoms with Gasteiger partial charge in [0.15, 0.2) is 11.5 Å². The van der Waals surface area contributed by atoms with E-state index in [-0.39, 0.29) is 12.2 Å². The van der Waals surface area contributed by atoms with Crippen molar-refractivity contribution in [1.82, 2.24) is 0 Å². The number of ether oxygens (including phenoxy) is 2. The Morgan fingerprint density at radius 3 is 2.62 bits per heavy atom. The van der Waals surface area contributed by atoms with Crippen LogP contribution in [0.1, 0.15) is 23.7 Å². The second kappa shape index (κ2) is 6.14. The molecule has 0 spiro atoms. The summed E-state index contributed by atoms with van der Waals surface area (Å²) < 4.78 is 24.8. The van der Waals surface area contributed by atoms with E-state index in [1.807, 2.05) is 0 Å². The van der Waals surface area contributed by atoms with Gasteiger partial charge in [-0.25, -0.2) is 4.39 Å². The molecule has 3 nitrogen and oxygen atoms in total. The summed E-state index contributed by atoms with van der Waals surface area (Å²) in [4.78, 5) is 0. The number of fused-ring (bicyclic) bond motifs is 1. The third-order valence-corrected chi connectivity index (χ3v) is 3.53. The highest BCUT2D eigenvalue weighted by Gasteiger charge is 2.16. The number of aliphatic hydroxyl groups is 1. The maximum Gasteiger partial charge on any atom is 0.161 e. The Kier molecular flexibility index (Phi) is 4.06. The van der Waals surface area contributed by atoms with Crippen LogP contribution in [-0.2, 0) is 6.42 Å². The summed E-state index contributed by atoms with van der Waals surface area (Å²) >= 11 is 0. The van der Waals surface area contributed by atoms with Crippen molar-refractivity contribution in [3.05, 3.63) is 59.4 Å². The lowest BCUT2D eigenvalue weighted by atomic mass is 10.0. The maximum atomic E-state index is 13.6. The Labute approximate surface area is 122 Å². The summed E-state index contributed by atoms with van der Waals surface area (Å²) in [7, 11) is 0. The summed E-state index contributed by atoms with van der Waals surface area (Å²) in [5, 5.41) is 10.3. The molecule has 2 aromatic rings. The highest BCUT2D eigenvalue weighted by Crippen LogP contribution is 2.33. The predicted molar refractivity (Wildman–Crippen MR) is 77.1 cm³/mol. The monoisotopic (exact) mass is 288 g/mol. The summed E-state index contributed by atoms with van der Waals surface area (Å²) in [6.45, 7) is 1.23. The van der Waals surface area contributed by atoms with Crippen molar-refractivity contribution in [2.45, 2.75) is 18.9 Å². The number of rotatable bonds is 3. The molecule has 110 valence electrons. The van der Waals surface area contributed by atoms with Gasteiger partial charge in [-0.1, -0.05) is 24.3 Å². The van der Waals surface area contributed by atoms with Crippen molar-refractivity contribution < 1.29 is 19.0 Å². The van der Waals surface area contributed by atoms with E-state index in [1.165, 1.54) is 6.07 Å². The molecule has 1 aliphatic rings. The van der Waals surface area contributed by atoms with E-state index in [2.05, 4.69) is 0 Å². The van der Waals surface area contributed by atoms with Crippen molar-refractivity contribution in [2.75, 3.05) is 13.2 Å². The van der Waals surface area contributed by atoms with Gasteiger partial charge in [0, 0.05) is 12.8 Å².